The van der Waals surface area contributed by atoms with E-state index in [4.69, 9.17) is 5.14 Å². The van der Waals surface area contributed by atoms with Crippen molar-refractivity contribution in [2.75, 3.05) is 5.75 Å². The first-order valence-electron chi connectivity index (χ1n) is 2.65. The fraction of sp³-hybridized carbons (Fsp3) is 1.00. The van der Waals surface area contributed by atoms with Crippen LogP contribution in [0.4, 0.5) is 0 Å². The monoisotopic (exact) mass is 121 g/mol. The molecule has 7 heavy (non-hydrogen) atoms. The number of nitrogens with two attached hydrogens (primary N) is 1. The van der Waals surface area contributed by atoms with Crippen LogP contribution in [0.1, 0.15) is 27.2 Å². The zero-order valence-corrected chi connectivity index (χ0v) is 6.22. The molecule has 0 spiro atoms. The molecule has 0 aromatic heterocycles. The van der Waals surface area contributed by atoms with Gasteiger partial charge in [-0.2, -0.15) is 0 Å². The summed E-state index contributed by atoms with van der Waals surface area (Å²) < 4.78 is 0. The third-order valence-electron chi connectivity index (χ3n) is 0.167. The van der Waals surface area contributed by atoms with Gasteiger partial charge in [0.15, 0.2) is 0 Å². The predicted octanol–water partition coefficient (Wildman–Crippen LogP) is 2.03. The van der Waals surface area contributed by atoms with Crippen molar-refractivity contribution in [2.24, 2.45) is 5.14 Å². The summed E-state index contributed by atoms with van der Waals surface area (Å²) in [4.78, 5) is 0. The Labute approximate surface area is 50.8 Å². The lowest BCUT2D eigenvalue weighted by molar-refractivity contribution is 1.09. The molecule has 0 saturated carbocycles. The minimum Gasteiger partial charge on any atom is -0.278 e. The Bertz CT molecular complexity index is 15.6. The van der Waals surface area contributed by atoms with Gasteiger partial charge in [0, 0.05) is 5.75 Å². The van der Waals surface area contributed by atoms with Gasteiger partial charge in [-0.25, -0.2) is 0 Å². The summed E-state index contributed by atoms with van der Waals surface area (Å²) in [5.74, 6) is 1.01. The summed E-state index contributed by atoms with van der Waals surface area (Å²) in [6.07, 6.45) is 1.25. The van der Waals surface area contributed by atoms with E-state index >= 15 is 0 Å². The number of hydrogen-bond donors (Lipinski definition) is 1. The molecule has 0 amide bonds. The Balaban J connectivity index is 0. The minimum atomic E-state index is 1.01. The molecule has 0 aliphatic carbocycles. The number of rotatable bonds is 1. The molecule has 0 atom stereocenters. The molecular formula is C5H15NS. The lowest BCUT2D eigenvalue weighted by atomic mass is 10.6. The molecule has 46 valence electrons. The summed E-state index contributed by atoms with van der Waals surface area (Å²) in [6, 6.07) is 0. The molecule has 2 N–H and O–H groups in total. The predicted molar refractivity (Wildman–Crippen MR) is 38.3 cm³/mol. The quantitative estimate of drug-likeness (QED) is 0.537. The summed E-state index contributed by atoms with van der Waals surface area (Å²) in [7, 11) is 0. The van der Waals surface area contributed by atoms with Crippen molar-refractivity contribution in [3.8, 4) is 0 Å². The van der Waals surface area contributed by atoms with Gasteiger partial charge in [0.2, 0.25) is 0 Å². The Kier molecular flexibility index (Phi) is 23.9. The van der Waals surface area contributed by atoms with Crippen molar-refractivity contribution in [1.82, 2.24) is 0 Å². The molecule has 0 aromatic carbocycles. The van der Waals surface area contributed by atoms with Crippen LogP contribution in [0.3, 0.4) is 0 Å². The van der Waals surface area contributed by atoms with Gasteiger partial charge in [0.05, 0.1) is 0 Å². The Morgan fingerprint density at radius 3 is 1.43 bits per heavy atom. The van der Waals surface area contributed by atoms with Crippen LogP contribution in [-0.2, 0) is 0 Å². The van der Waals surface area contributed by atoms with Crippen molar-refractivity contribution < 1.29 is 0 Å². The first-order valence-corrected chi connectivity index (χ1v) is 3.69. The first-order chi connectivity index (χ1) is 3.33. The molecule has 2 heteroatoms. The molecule has 0 heterocycles. The molecule has 0 rings (SSSR count). The first kappa shape index (κ1) is 10.3. The van der Waals surface area contributed by atoms with E-state index in [-0.39, 0.29) is 0 Å². The van der Waals surface area contributed by atoms with E-state index in [1.807, 2.05) is 6.92 Å². The average Bonchev–Trinajstić information content (AvgIpc) is 1.69. The second-order valence-electron chi connectivity index (χ2n) is 1.16. The maximum Gasteiger partial charge on any atom is 0.00480 e. The van der Waals surface area contributed by atoms with Crippen LogP contribution in [0.15, 0.2) is 0 Å². The van der Waals surface area contributed by atoms with E-state index in [9.17, 15) is 0 Å². The third-order valence-corrected chi connectivity index (χ3v) is 0.500. The van der Waals surface area contributed by atoms with Gasteiger partial charge < -0.3 is 0 Å². The molecule has 0 aromatic rings. The molecule has 0 unspecified atom stereocenters. The van der Waals surface area contributed by atoms with Crippen molar-refractivity contribution in [3.05, 3.63) is 0 Å². The number of hydrogen-bond acceptors (Lipinski definition) is 2. The van der Waals surface area contributed by atoms with Crippen LogP contribution in [0.5, 0.6) is 0 Å². The van der Waals surface area contributed by atoms with Gasteiger partial charge in [-0.3, -0.25) is 5.14 Å². The highest BCUT2D eigenvalue weighted by Crippen LogP contribution is 1.76. The van der Waals surface area contributed by atoms with E-state index in [0.29, 0.717) is 0 Å². The maximum atomic E-state index is 4.94. The molecular weight excluding hydrogens is 106 g/mol. The molecule has 0 aliphatic heterocycles. The molecule has 0 radical (unpaired) electrons. The zero-order chi connectivity index (χ0) is 6.12. The second kappa shape index (κ2) is 16.2. The van der Waals surface area contributed by atoms with Crippen molar-refractivity contribution in [2.45, 2.75) is 27.2 Å². The highest BCUT2D eigenvalue weighted by molar-refractivity contribution is 7.97. The smallest absolute Gasteiger partial charge is 0.00480 e. The fourth-order valence-corrected chi connectivity index (χ4v) is 0. The zero-order valence-electron chi connectivity index (χ0n) is 5.40. The lowest BCUT2D eigenvalue weighted by Crippen LogP contribution is -1.74. The molecule has 0 saturated heterocycles. The standard InChI is InChI=1S/C3H8.C2H7NS/c1-3-2;1-2-4-3/h3H2,1-2H3;2-3H2,1H3. The van der Waals surface area contributed by atoms with E-state index in [2.05, 4.69) is 13.8 Å². The van der Waals surface area contributed by atoms with E-state index < -0.39 is 0 Å². The Morgan fingerprint density at radius 2 is 1.43 bits per heavy atom. The van der Waals surface area contributed by atoms with E-state index in [1.54, 1.807) is 0 Å². The van der Waals surface area contributed by atoms with Gasteiger partial charge in [-0.05, 0) is 0 Å². The van der Waals surface area contributed by atoms with Crippen molar-refractivity contribution in [3.63, 3.8) is 0 Å². The maximum absolute atomic E-state index is 4.94. The third kappa shape index (κ3) is 68.3. The van der Waals surface area contributed by atoms with Crippen LogP contribution < -0.4 is 5.14 Å². The van der Waals surface area contributed by atoms with Gasteiger partial charge in [-0.15, -0.1) is 0 Å². The highest BCUT2D eigenvalue weighted by atomic mass is 32.2. The van der Waals surface area contributed by atoms with Crippen LogP contribution >= 0.6 is 11.9 Å². The van der Waals surface area contributed by atoms with Crippen LogP contribution in [0.25, 0.3) is 0 Å². The Morgan fingerprint density at radius 1 is 1.29 bits per heavy atom. The summed E-state index contributed by atoms with van der Waals surface area (Å²) in [6.45, 7) is 6.27. The van der Waals surface area contributed by atoms with E-state index in [1.165, 1.54) is 18.4 Å². The van der Waals surface area contributed by atoms with Crippen LogP contribution in [-0.4, -0.2) is 5.75 Å². The normalized spacial score (nSPS) is 6.86. The Hall–Kier alpha value is 0.310. The van der Waals surface area contributed by atoms with Gasteiger partial charge in [0.1, 0.15) is 0 Å². The fourth-order valence-electron chi connectivity index (χ4n) is 0. The molecule has 1 nitrogen and oxygen atoms in total. The average molecular weight is 121 g/mol. The van der Waals surface area contributed by atoms with E-state index in [0.717, 1.165) is 5.75 Å². The topological polar surface area (TPSA) is 26.0 Å². The van der Waals surface area contributed by atoms with Crippen LogP contribution in [0, 0.1) is 0 Å². The van der Waals surface area contributed by atoms with Gasteiger partial charge >= 0.3 is 0 Å². The summed E-state index contributed by atoms with van der Waals surface area (Å²) in [5.41, 5.74) is 0. The summed E-state index contributed by atoms with van der Waals surface area (Å²) in [5, 5.41) is 4.94. The molecule has 0 aliphatic rings. The second-order valence-corrected chi connectivity index (χ2v) is 2.07. The van der Waals surface area contributed by atoms with Crippen LogP contribution in [0.2, 0.25) is 0 Å². The van der Waals surface area contributed by atoms with Gasteiger partial charge in [0.25, 0.3) is 0 Å². The highest BCUT2D eigenvalue weighted by Gasteiger charge is 1.55. The van der Waals surface area contributed by atoms with Crippen molar-refractivity contribution >= 4 is 11.9 Å². The van der Waals surface area contributed by atoms with Gasteiger partial charge in [-0.1, -0.05) is 39.1 Å². The SMILES string of the molecule is CCC.CCSN. The minimum absolute atomic E-state index is 1.01. The molecule has 0 bridgehead atoms. The lowest BCUT2D eigenvalue weighted by Gasteiger charge is -1.70. The summed E-state index contributed by atoms with van der Waals surface area (Å²) >= 11 is 1.36. The molecule has 0 fully saturated rings. The van der Waals surface area contributed by atoms with Crippen molar-refractivity contribution in [1.29, 1.82) is 0 Å². The largest absolute Gasteiger partial charge is 0.278 e.